The Labute approximate surface area is 103 Å². The molecule has 94 valence electrons. The van der Waals surface area contributed by atoms with Gasteiger partial charge in [-0.15, -0.1) is 0 Å². The Morgan fingerprint density at radius 2 is 2.06 bits per heavy atom. The van der Waals surface area contributed by atoms with Crippen LogP contribution in [0.5, 0.6) is 0 Å². The average Bonchev–Trinajstić information content (AvgIpc) is 2.65. The summed E-state index contributed by atoms with van der Waals surface area (Å²) in [4.78, 5) is 6.60. The minimum atomic E-state index is 0.619. The molecule has 1 atom stereocenters. The van der Waals surface area contributed by atoms with Crippen molar-refractivity contribution in [1.29, 1.82) is 0 Å². The monoisotopic (exact) mass is 236 g/mol. The van der Waals surface area contributed by atoms with Gasteiger partial charge in [0.1, 0.15) is 6.04 Å². The first-order chi connectivity index (χ1) is 7.88. The lowest BCUT2D eigenvalue weighted by atomic mass is 10.2. The largest absolute Gasteiger partial charge is 0.397 e. The summed E-state index contributed by atoms with van der Waals surface area (Å²) in [6, 6.07) is 2.41. The maximum atomic E-state index is 5.97. The standard InChI is InChI=1S/C12H22N5/c1-17(2,3)10-4-5-16(8-10)12-11(14)6-9(13)7-15-12/h6-7,10H,4-5,8,13-14H2,1-3H3/q+1. The summed E-state index contributed by atoms with van der Waals surface area (Å²) in [6.07, 6.45) is 2.85. The van der Waals surface area contributed by atoms with Crippen molar-refractivity contribution in [2.75, 3.05) is 50.6 Å². The zero-order valence-electron chi connectivity index (χ0n) is 10.8. The van der Waals surface area contributed by atoms with Gasteiger partial charge in [0.2, 0.25) is 0 Å². The highest BCUT2D eigenvalue weighted by Crippen LogP contribution is 2.27. The van der Waals surface area contributed by atoms with Gasteiger partial charge in [0, 0.05) is 13.0 Å². The summed E-state index contributed by atoms with van der Waals surface area (Å²) in [6.45, 7) is 2.02. The highest BCUT2D eigenvalue weighted by Gasteiger charge is 2.33. The lowest BCUT2D eigenvalue weighted by Crippen LogP contribution is -2.46. The lowest BCUT2D eigenvalue weighted by molar-refractivity contribution is -0.893. The molecule has 4 N–H and O–H groups in total. The molecule has 1 unspecified atom stereocenters. The molecule has 0 spiro atoms. The Morgan fingerprint density at radius 3 is 2.59 bits per heavy atom. The number of hydrogen-bond donors (Lipinski definition) is 2. The predicted molar refractivity (Wildman–Crippen MR) is 71.7 cm³/mol. The number of nitrogens with two attached hydrogens (primary N) is 2. The average molecular weight is 236 g/mol. The fourth-order valence-electron chi connectivity index (χ4n) is 2.32. The van der Waals surface area contributed by atoms with E-state index in [0.717, 1.165) is 23.4 Å². The molecule has 2 heterocycles. The highest BCUT2D eigenvalue weighted by atomic mass is 15.4. The van der Waals surface area contributed by atoms with Crippen molar-refractivity contribution < 1.29 is 4.48 Å². The summed E-state index contributed by atoms with van der Waals surface area (Å²) in [5.74, 6) is 0.871. The second kappa shape index (κ2) is 4.07. The summed E-state index contributed by atoms with van der Waals surface area (Å²) in [5, 5.41) is 0. The molecule has 1 aliphatic rings. The lowest BCUT2D eigenvalue weighted by Gasteiger charge is -2.31. The fourth-order valence-corrected chi connectivity index (χ4v) is 2.32. The molecule has 0 bridgehead atoms. The van der Waals surface area contributed by atoms with E-state index in [1.165, 1.54) is 6.42 Å². The van der Waals surface area contributed by atoms with Crippen LogP contribution in [0.4, 0.5) is 17.2 Å². The van der Waals surface area contributed by atoms with Gasteiger partial charge in [0.05, 0.1) is 45.3 Å². The number of likely N-dealkylation sites (N-methyl/N-ethyl adjacent to an activating group) is 1. The van der Waals surface area contributed by atoms with Crippen molar-refractivity contribution >= 4 is 17.2 Å². The van der Waals surface area contributed by atoms with Gasteiger partial charge in [-0.25, -0.2) is 4.98 Å². The Balaban J connectivity index is 2.15. The molecule has 0 aliphatic carbocycles. The van der Waals surface area contributed by atoms with E-state index in [4.69, 9.17) is 11.5 Å². The minimum Gasteiger partial charge on any atom is -0.397 e. The molecule has 1 aromatic heterocycles. The third-order valence-electron chi connectivity index (χ3n) is 3.47. The molecule has 5 heteroatoms. The number of aromatic nitrogens is 1. The van der Waals surface area contributed by atoms with Crippen LogP contribution in [0.2, 0.25) is 0 Å². The SMILES string of the molecule is C[N+](C)(C)C1CCN(c2ncc(N)cc2N)C1. The second-order valence-electron chi connectivity index (χ2n) is 5.69. The highest BCUT2D eigenvalue weighted by molar-refractivity contribution is 5.67. The zero-order valence-corrected chi connectivity index (χ0v) is 10.8. The normalized spacial score (nSPS) is 20.9. The van der Waals surface area contributed by atoms with E-state index in [9.17, 15) is 0 Å². The van der Waals surface area contributed by atoms with Crippen LogP contribution in [0.1, 0.15) is 6.42 Å². The van der Waals surface area contributed by atoms with Gasteiger partial charge in [-0.3, -0.25) is 0 Å². The smallest absolute Gasteiger partial charge is 0.152 e. The number of anilines is 3. The molecule has 1 aliphatic heterocycles. The molecule has 1 fully saturated rings. The van der Waals surface area contributed by atoms with E-state index >= 15 is 0 Å². The first-order valence-electron chi connectivity index (χ1n) is 5.95. The number of nitrogen functional groups attached to an aromatic ring is 2. The van der Waals surface area contributed by atoms with E-state index in [-0.39, 0.29) is 0 Å². The number of quaternary nitrogens is 1. The second-order valence-corrected chi connectivity index (χ2v) is 5.69. The van der Waals surface area contributed by atoms with Gasteiger partial charge in [-0.2, -0.15) is 0 Å². The van der Waals surface area contributed by atoms with Crippen LogP contribution in [0, 0.1) is 0 Å². The molecule has 0 radical (unpaired) electrons. The number of pyridine rings is 1. The van der Waals surface area contributed by atoms with E-state index < -0.39 is 0 Å². The maximum absolute atomic E-state index is 5.97. The Kier molecular flexibility index (Phi) is 2.87. The molecule has 2 rings (SSSR count). The summed E-state index contributed by atoms with van der Waals surface area (Å²) in [7, 11) is 6.69. The van der Waals surface area contributed by atoms with Crippen LogP contribution in [0.15, 0.2) is 12.3 Å². The van der Waals surface area contributed by atoms with Crippen molar-refractivity contribution in [3.05, 3.63) is 12.3 Å². The van der Waals surface area contributed by atoms with Crippen LogP contribution in [-0.2, 0) is 0 Å². The van der Waals surface area contributed by atoms with Gasteiger partial charge in [-0.1, -0.05) is 0 Å². The van der Waals surface area contributed by atoms with Crippen LogP contribution in [0.3, 0.4) is 0 Å². The number of nitrogens with zero attached hydrogens (tertiary/aromatic N) is 3. The van der Waals surface area contributed by atoms with E-state index in [1.807, 2.05) is 0 Å². The van der Waals surface area contributed by atoms with Crippen molar-refractivity contribution in [3.63, 3.8) is 0 Å². The predicted octanol–water partition coefficient (Wildman–Crippen LogP) is 0.531. The summed E-state index contributed by atoms with van der Waals surface area (Å²) >= 11 is 0. The van der Waals surface area contributed by atoms with Gasteiger partial charge in [-0.05, 0) is 6.07 Å². The number of rotatable bonds is 2. The third-order valence-corrected chi connectivity index (χ3v) is 3.47. The van der Waals surface area contributed by atoms with E-state index in [2.05, 4.69) is 31.0 Å². The van der Waals surface area contributed by atoms with Crippen LogP contribution in [-0.4, -0.2) is 49.7 Å². The minimum absolute atomic E-state index is 0.619. The van der Waals surface area contributed by atoms with Crippen LogP contribution >= 0.6 is 0 Å². The first kappa shape index (κ1) is 12.0. The van der Waals surface area contributed by atoms with Gasteiger partial charge in [0.15, 0.2) is 5.82 Å². The van der Waals surface area contributed by atoms with Crippen molar-refractivity contribution in [2.45, 2.75) is 12.5 Å². The summed E-state index contributed by atoms with van der Waals surface area (Å²) in [5.41, 5.74) is 12.9. The molecule has 5 nitrogen and oxygen atoms in total. The van der Waals surface area contributed by atoms with E-state index in [0.29, 0.717) is 17.4 Å². The topological polar surface area (TPSA) is 68.2 Å². The molecular weight excluding hydrogens is 214 g/mol. The molecule has 1 aromatic rings. The van der Waals surface area contributed by atoms with Gasteiger partial charge < -0.3 is 20.9 Å². The maximum Gasteiger partial charge on any atom is 0.152 e. The quantitative estimate of drug-likeness (QED) is 0.735. The van der Waals surface area contributed by atoms with Crippen molar-refractivity contribution in [1.82, 2.24) is 4.98 Å². The van der Waals surface area contributed by atoms with Crippen LogP contribution in [0.25, 0.3) is 0 Å². The Morgan fingerprint density at radius 1 is 1.35 bits per heavy atom. The molecular formula is C12H22N5+. The molecule has 0 aromatic carbocycles. The molecule has 0 amide bonds. The Hall–Kier alpha value is -1.49. The van der Waals surface area contributed by atoms with Gasteiger partial charge in [0.25, 0.3) is 0 Å². The van der Waals surface area contributed by atoms with E-state index in [1.54, 1.807) is 12.3 Å². The van der Waals surface area contributed by atoms with Crippen LogP contribution < -0.4 is 16.4 Å². The molecule has 17 heavy (non-hydrogen) atoms. The number of hydrogen-bond acceptors (Lipinski definition) is 4. The Bertz CT molecular complexity index is 410. The summed E-state index contributed by atoms with van der Waals surface area (Å²) < 4.78 is 0.978. The zero-order chi connectivity index (χ0) is 12.6. The third kappa shape index (κ3) is 2.44. The van der Waals surface area contributed by atoms with Crippen molar-refractivity contribution in [2.24, 2.45) is 0 Å². The molecule has 0 saturated carbocycles. The molecule has 1 saturated heterocycles. The van der Waals surface area contributed by atoms with Crippen molar-refractivity contribution in [3.8, 4) is 0 Å². The first-order valence-corrected chi connectivity index (χ1v) is 5.95. The fraction of sp³-hybridized carbons (Fsp3) is 0.583. The van der Waals surface area contributed by atoms with Gasteiger partial charge >= 0.3 is 0 Å².